The number of phosphoric acid groups is 2. The first kappa shape index (κ1) is 83.1. The second-order valence-corrected chi connectivity index (χ2v) is 27.7. The largest absolute Gasteiger partial charge is 0.472 e. The van der Waals surface area contributed by atoms with E-state index in [0.29, 0.717) is 37.5 Å². The van der Waals surface area contributed by atoms with Crippen molar-refractivity contribution in [3.8, 4) is 0 Å². The average Bonchev–Trinajstić information content (AvgIpc) is 3.57. The van der Waals surface area contributed by atoms with E-state index in [9.17, 15) is 43.2 Å². The average molecular weight is 1260 g/mol. The topological polar surface area (TPSA) is 237 Å². The van der Waals surface area contributed by atoms with Gasteiger partial charge in [-0.2, -0.15) is 0 Å². The van der Waals surface area contributed by atoms with Crippen molar-refractivity contribution < 1.29 is 80.2 Å². The van der Waals surface area contributed by atoms with Crippen LogP contribution >= 0.6 is 15.6 Å². The second-order valence-electron chi connectivity index (χ2n) is 24.8. The van der Waals surface area contributed by atoms with Crippen LogP contribution in [-0.2, 0) is 65.4 Å². The standard InChI is InChI=1S/C66H128O17P2/c1-7-9-11-13-15-17-19-20-21-23-25-31-38-44-50-65(70)82-61(54-76-63(68)48-42-36-30-24-22-18-16-14-12-10-8-2)56-80-84(72,73)78-52-60(67)53-79-85(74,75)81-57-62(83-66(71)51-45-39-33-27-29-35-41-47-59(5)6)55-77-64(69)49-43-37-32-26-28-34-40-46-58(3)4/h58-62,67H,7-57H2,1-6H3,(H,72,73)(H,74,75)/t60-,61-,62-/m1/s1. The molecule has 0 amide bonds. The molecule has 0 saturated heterocycles. The Labute approximate surface area is 517 Å². The van der Waals surface area contributed by atoms with Gasteiger partial charge < -0.3 is 33.8 Å². The first-order valence-electron chi connectivity index (χ1n) is 34.5. The van der Waals surface area contributed by atoms with Crippen LogP contribution in [0.3, 0.4) is 0 Å². The van der Waals surface area contributed by atoms with Crippen molar-refractivity contribution in [3.63, 3.8) is 0 Å². The molecular weight excluding hydrogens is 1130 g/mol. The van der Waals surface area contributed by atoms with Gasteiger partial charge >= 0.3 is 39.5 Å². The summed E-state index contributed by atoms with van der Waals surface area (Å²) >= 11 is 0. The van der Waals surface area contributed by atoms with Crippen molar-refractivity contribution in [1.82, 2.24) is 0 Å². The maximum atomic E-state index is 13.0. The third kappa shape index (κ3) is 60.7. The molecule has 0 aliphatic carbocycles. The highest BCUT2D eigenvalue weighted by Gasteiger charge is 2.30. The fourth-order valence-corrected chi connectivity index (χ4v) is 11.5. The SMILES string of the molecule is CCCCCCCCCCCCCCCCC(=O)O[C@H](COC(=O)CCCCCCCCCCCCC)COP(=O)(O)OC[C@@H](O)COP(=O)(O)OC[C@@H](COC(=O)CCCCCCCCCC(C)C)OC(=O)CCCCCCCCCC(C)C. The zero-order valence-electron chi connectivity index (χ0n) is 54.9. The molecule has 2 unspecified atom stereocenters. The van der Waals surface area contributed by atoms with Gasteiger partial charge in [0.1, 0.15) is 19.3 Å². The third-order valence-corrected chi connectivity index (χ3v) is 17.1. The normalized spacial score (nSPS) is 14.2. The van der Waals surface area contributed by atoms with Crippen molar-refractivity contribution in [3.05, 3.63) is 0 Å². The summed E-state index contributed by atoms with van der Waals surface area (Å²) in [4.78, 5) is 72.3. The molecule has 0 aromatic carbocycles. The van der Waals surface area contributed by atoms with Gasteiger partial charge in [-0.3, -0.25) is 37.3 Å². The summed E-state index contributed by atoms with van der Waals surface area (Å²) in [6.45, 7) is 9.39. The van der Waals surface area contributed by atoms with E-state index in [2.05, 4.69) is 41.5 Å². The van der Waals surface area contributed by atoms with Crippen LogP contribution in [0.5, 0.6) is 0 Å². The quantitative estimate of drug-likeness (QED) is 0.0222. The molecule has 0 fully saturated rings. The minimum atomic E-state index is -4.95. The molecule has 0 aromatic heterocycles. The molecule has 0 radical (unpaired) electrons. The number of aliphatic hydroxyl groups excluding tert-OH is 1. The predicted octanol–water partition coefficient (Wildman–Crippen LogP) is 18.4. The lowest BCUT2D eigenvalue weighted by Crippen LogP contribution is -2.30. The lowest BCUT2D eigenvalue weighted by molar-refractivity contribution is -0.161. The van der Waals surface area contributed by atoms with Crippen molar-refractivity contribution in [1.29, 1.82) is 0 Å². The van der Waals surface area contributed by atoms with E-state index in [1.54, 1.807) is 0 Å². The molecule has 0 bridgehead atoms. The summed E-state index contributed by atoms with van der Waals surface area (Å²) in [5.74, 6) is -0.731. The lowest BCUT2D eigenvalue weighted by Gasteiger charge is -2.21. The van der Waals surface area contributed by atoms with Gasteiger partial charge in [-0.15, -0.1) is 0 Å². The van der Waals surface area contributed by atoms with E-state index in [0.717, 1.165) is 96.3 Å². The Kier molecular flexibility index (Phi) is 57.1. The van der Waals surface area contributed by atoms with Crippen molar-refractivity contribution in [2.75, 3.05) is 39.6 Å². The minimum absolute atomic E-state index is 0.103. The number of aliphatic hydroxyl groups is 1. The van der Waals surface area contributed by atoms with Gasteiger partial charge in [-0.25, -0.2) is 9.13 Å². The maximum Gasteiger partial charge on any atom is 0.472 e. The zero-order chi connectivity index (χ0) is 62.9. The summed E-state index contributed by atoms with van der Waals surface area (Å²) < 4.78 is 68.1. The highest BCUT2D eigenvalue weighted by atomic mass is 31.2. The number of ether oxygens (including phenoxy) is 4. The van der Waals surface area contributed by atoms with E-state index in [1.165, 1.54) is 141 Å². The Morgan fingerprint density at radius 1 is 0.318 bits per heavy atom. The monoisotopic (exact) mass is 1250 g/mol. The number of unbranched alkanes of at least 4 members (excludes halogenated alkanes) is 35. The van der Waals surface area contributed by atoms with Crippen molar-refractivity contribution in [2.45, 2.75) is 349 Å². The number of esters is 4. The molecule has 0 rings (SSSR count). The molecule has 0 aliphatic heterocycles. The van der Waals surface area contributed by atoms with Crippen LogP contribution < -0.4 is 0 Å². The number of hydrogen-bond donors (Lipinski definition) is 3. The Morgan fingerprint density at radius 2 is 0.541 bits per heavy atom. The van der Waals surface area contributed by atoms with E-state index in [-0.39, 0.29) is 25.7 Å². The molecule has 0 spiro atoms. The van der Waals surface area contributed by atoms with Gasteiger partial charge in [0.2, 0.25) is 0 Å². The maximum absolute atomic E-state index is 13.0. The van der Waals surface area contributed by atoms with E-state index in [1.807, 2.05) is 0 Å². The first-order valence-corrected chi connectivity index (χ1v) is 37.5. The highest BCUT2D eigenvalue weighted by molar-refractivity contribution is 7.47. The molecule has 85 heavy (non-hydrogen) atoms. The summed E-state index contributed by atoms with van der Waals surface area (Å²) in [6.07, 6.45) is 41.8. The van der Waals surface area contributed by atoms with Gasteiger partial charge in [0.05, 0.1) is 26.4 Å². The van der Waals surface area contributed by atoms with Crippen LogP contribution in [0.15, 0.2) is 0 Å². The van der Waals surface area contributed by atoms with Crippen molar-refractivity contribution >= 4 is 39.5 Å². The highest BCUT2D eigenvalue weighted by Crippen LogP contribution is 2.45. The fourth-order valence-electron chi connectivity index (χ4n) is 9.88. The molecule has 0 saturated carbocycles. The molecule has 504 valence electrons. The Morgan fingerprint density at radius 3 is 0.800 bits per heavy atom. The van der Waals surface area contributed by atoms with Crippen LogP contribution in [0, 0.1) is 11.8 Å². The lowest BCUT2D eigenvalue weighted by atomic mass is 10.0. The first-order chi connectivity index (χ1) is 40.9. The van der Waals surface area contributed by atoms with Crippen LogP contribution in [-0.4, -0.2) is 96.7 Å². The smallest absolute Gasteiger partial charge is 0.462 e. The molecule has 17 nitrogen and oxygen atoms in total. The van der Waals surface area contributed by atoms with Gasteiger partial charge in [0.15, 0.2) is 12.2 Å². The van der Waals surface area contributed by atoms with Crippen LogP contribution in [0.4, 0.5) is 0 Å². The molecule has 0 heterocycles. The molecular formula is C66H128O17P2. The molecule has 0 aromatic rings. The predicted molar refractivity (Wildman–Crippen MR) is 340 cm³/mol. The number of carbonyl (C=O) groups is 4. The molecule has 19 heteroatoms. The van der Waals surface area contributed by atoms with E-state index >= 15 is 0 Å². The number of carbonyl (C=O) groups excluding carboxylic acids is 4. The van der Waals surface area contributed by atoms with Crippen LogP contribution in [0.2, 0.25) is 0 Å². The summed E-state index contributed by atoms with van der Waals surface area (Å²) in [7, 11) is -9.89. The molecule has 0 aliphatic rings. The molecule has 3 N–H and O–H groups in total. The van der Waals surface area contributed by atoms with Gasteiger partial charge in [-0.1, -0.05) is 279 Å². The summed E-state index contributed by atoms with van der Waals surface area (Å²) in [5.41, 5.74) is 0. The fraction of sp³-hybridized carbons (Fsp3) is 0.939. The van der Waals surface area contributed by atoms with Gasteiger partial charge in [0.25, 0.3) is 0 Å². The second kappa shape index (κ2) is 58.4. The van der Waals surface area contributed by atoms with Gasteiger partial charge in [-0.05, 0) is 37.5 Å². The minimum Gasteiger partial charge on any atom is -0.462 e. The van der Waals surface area contributed by atoms with Crippen molar-refractivity contribution in [2.24, 2.45) is 11.8 Å². The number of phosphoric ester groups is 2. The van der Waals surface area contributed by atoms with Crippen LogP contribution in [0.25, 0.3) is 0 Å². The Balaban J connectivity index is 5.24. The summed E-state index contributed by atoms with van der Waals surface area (Å²) in [6, 6.07) is 0. The Hall–Kier alpha value is -1.94. The van der Waals surface area contributed by atoms with E-state index in [4.69, 9.17) is 37.0 Å². The Bertz CT molecular complexity index is 1670. The number of rotatable bonds is 65. The van der Waals surface area contributed by atoms with Gasteiger partial charge in [0, 0.05) is 25.7 Å². The number of hydrogen-bond acceptors (Lipinski definition) is 15. The third-order valence-electron chi connectivity index (χ3n) is 15.2. The van der Waals surface area contributed by atoms with Crippen LogP contribution in [0.1, 0.15) is 330 Å². The van der Waals surface area contributed by atoms with E-state index < -0.39 is 97.5 Å². The molecule has 5 atom stereocenters. The summed E-state index contributed by atoms with van der Waals surface area (Å²) in [5, 5.41) is 10.5. The zero-order valence-corrected chi connectivity index (χ0v) is 56.7.